The van der Waals surface area contributed by atoms with Crippen LogP contribution in [0.2, 0.25) is 0 Å². The van der Waals surface area contributed by atoms with E-state index in [0.717, 1.165) is 45.7 Å². The van der Waals surface area contributed by atoms with Crippen molar-refractivity contribution in [1.82, 2.24) is 15.5 Å². The number of carbonyl (C=O) groups excluding carboxylic acids is 2. The van der Waals surface area contributed by atoms with Gasteiger partial charge in [0, 0.05) is 44.0 Å². The highest BCUT2D eigenvalue weighted by molar-refractivity contribution is 5.95. The fraction of sp³-hybridized carbons (Fsp3) is 0.556. The van der Waals surface area contributed by atoms with Gasteiger partial charge in [0.25, 0.3) is 5.91 Å². The fourth-order valence-electron chi connectivity index (χ4n) is 2.51. The summed E-state index contributed by atoms with van der Waals surface area (Å²) in [6.07, 6.45) is 1.99. The molecule has 25 heavy (non-hydrogen) atoms. The van der Waals surface area contributed by atoms with Crippen LogP contribution in [0.3, 0.4) is 0 Å². The van der Waals surface area contributed by atoms with E-state index in [4.69, 9.17) is 4.74 Å². The molecule has 2 rings (SSSR count). The quantitative estimate of drug-likeness (QED) is 0.624. The standard InChI is InChI=1S/C18H28N4O3/c1-2-3-8-20-18(24)21-16-6-4-15(5-7-16)17(23)19-9-10-22-11-13-25-14-12-22/h4-7H,2-3,8-14H2,1H3,(H,19,23)(H2,20,21,24). The molecule has 0 bridgehead atoms. The summed E-state index contributed by atoms with van der Waals surface area (Å²) in [6.45, 7) is 7.51. The van der Waals surface area contributed by atoms with Gasteiger partial charge in [-0.1, -0.05) is 13.3 Å². The molecule has 138 valence electrons. The van der Waals surface area contributed by atoms with Gasteiger partial charge in [-0.05, 0) is 30.7 Å². The molecular weight excluding hydrogens is 320 g/mol. The topological polar surface area (TPSA) is 82.7 Å². The second-order valence-electron chi connectivity index (χ2n) is 6.02. The molecule has 0 saturated carbocycles. The van der Waals surface area contributed by atoms with Crippen molar-refractivity contribution in [2.24, 2.45) is 0 Å². The van der Waals surface area contributed by atoms with Crippen LogP contribution in [-0.4, -0.2) is 62.8 Å². The van der Waals surface area contributed by atoms with Crippen LogP contribution < -0.4 is 16.0 Å². The summed E-state index contributed by atoms with van der Waals surface area (Å²) in [5, 5.41) is 8.46. The van der Waals surface area contributed by atoms with E-state index in [0.29, 0.717) is 24.3 Å². The number of unbranched alkanes of at least 4 members (excludes halogenated alkanes) is 1. The van der Waals surface area contributed by atoms with E-state index in [-0.39, 0.29) is 11.9 Å². The van der Waals surface area contributed by atoms with Crippen molar-refractivity contribution in [3.8, 4) is 0 Å². The molecule has 1 saturated heterocycles. The van der Waals surface area contributed by atoms with Crippen molar-refractivity contribution in [2.45, 2.75) is 19.8 Å². The lowest BCUT2D eigenvalue weighted by atomic mass is 10.2. The number of anilines is 1. The molecule has 1 heterocycles. The molecule has 3 N–H and O–H groups in total. The molecule has 1 aromatic carbocycles. The molecule has 3 amide bonds. The monoisotopic (exact) mass is 348 g/mol. The normalized spacial score (nSPS) is 14.8. The lowest BCUT2D eigenvalue weighted by Crippen LogP contribution is -2.41. The molecular formula is C18H28N4O3. The van der Waals surface area contributed by atoms with Crippen molar-refractivity contribution in [2.75, 3.05) is 51.3 Å². The van der Waals surface area contributed by atoms with Crippen molar-refractivity contribution >= 4 is 17.6 Å². The first-order valence-corrected chi connectivity index (χ1v) is 8.92. The highest BCUT2D eigenvalue weighted by atomic mass is 16.5. The number of amides is 3. The van der Waals surface area contributed by atoms with Gasteiger partial charge in [-0.25, -0.2) is 4.79 Å². The van der Waals surface area contributed by atoms with Gasteiger partial charge in [0.1, 0.15) is 0 Å². The number of carbonyl (C=O) groups is 2. The smallest absolute Gasteiger partial charge is 0.319 e. The number of benzene rings is 1. The minimum Gasteiger partial charge on any atom is -0.379 e. The first-order valence-electron chi connectivity index (χ1n) is 8.92. The van der Waals surface area contributed by atoms with Crippen LogP contribution >= 0.6 is 0 Å². The van der Waals surface area contributed by atoms with E-state index in [1.54, 1.807) is 24.3 Å². The van der Waals surface area contributed by atoms with E-state index < -0.39 is 0 Å². The van der Waals surface area contributed by atoms with Crippen LogP contribution in [0.1, 0.15) is 30.1 Å². The minimum atomic E-state index is -0.226. The maximum Gasteiger partial charge on any atom is 0.319 e. The van der Waals surface area contributed by atoms with Crippen LogP contribution in [-0.2, 0) is 4.74 Å². The summed E-state index contributed by atoms with van der Waals surface area (Å²) in [7, 11) is 0. The van der Waals surface area contributed by atoms with Gasteiger partial charge >= 0.3 is 6.03 Å². The Labute approximate surface area is 149 Å². The zero-order valence-corrected chi connectivity index (χ0v) is 14.8. The second-order valence-corrected chi connectivity index (χ2v) is 6.02. The van der Waals surface area contributed by atoms with E-state index in [9.17, 15) is 9.59 Å². The number of hydrogen-bond acceptors (Lipinski definition) is 4. The fourth-order valence-corrected chi connectivity index (χ4v) is 2.51. The molecule has 7 heteroatoms. The van der Waals surface area contributed by atoms with Crippen LogP contribution in [0.4, 0.5) is 10.5 Å². The lowest BCUT2D eigenvalue weighted by Gasteiger charge is -2.26. The molecule has 0 atom stereocenters. The summed E-state index contributed by atoms with van der Waals surface area (Å²) in [4.78, 5) is 26.1. The highest BCUT2D eigenvalue weighted by Crippen LogP contribution is 2.09. The highest BCUT2D eigenvalue weighted by Gasteiger charge is 2.11. The number of hydrogen-bond donors (Lipinski definition) is 3. The van der Waals surface area contributed by atoms with Gasteiger partial charge in [-0.2, -0.15) is 0 Å². The first kappa shape index (κ1) is 19.2. The van der Waals surface area contributed by atoms with Crippen molar-refractivity contribution < 1.29 is 14.3 Å². The van der Waals surface area contributed by atoms with E-state index >= 15 is 0 Å². The number of morpholine rings is 1. The van der Waals surface area contributed by atoms with Crippen LogP contribution in [0.25, 0.3) is 0 Å². The largest absolute Gasteiger partial charge is 0.379 e. The Morgan fingerprint density at radius 2 is 1.80 bits per heavy atom. The average molecular weight is 348 g/mol. The number of urea groups is 1. The minimum absolute atomic E-state index is 0.104. The Balaban J connectivity index is 1.70. The maximum atomic E-state index is 12.1. The molecule has 1 aromatic rings. The van der Waals surface area contributed by atoms with Gasteiger partial charge in [0.15, 0.2) is 0 Å². The van der Waals surface area contributed by atoms with Gasteiger partial charge in [-0.15, -0.1) is 0 Å². The predicted molar refractivity (Wildman–Crippen MR) is 98.0 cm³/mol. The number of ether oxygens (including phenoxy) is 1. The van der Waals surface area contributed by atoms with Gasteiger partial charge in [-0.3, -0.25) is 9.69 Å². The molecule has 0 spiro atoms. The molecule has 0 aliphatic carbocycles. The molecule has 0 unspecified atom stereocenters. The van der Waals surface area contributed by atoms with E-state index in [1.807, 2.05) is 0 Å². The molecule has 7 nitrogen and oxygen atoms in total. The first-order chi connectivity index (χ1) is 12.2. The lowest BCUT2D eigenvalue weighted by molar-refractivity contribution is 0.0383. The second kappa shape index (κ2) is 10.7. The zero-order valence-electron chi connectivity index (χ0n) is 14.8. The summed E-state index contributed by atoms with van der Waals surface area (Å²) in [5.74, 6) is -0.104. The summed E-state index contributed by atoms with van der Waals surface area (Å²) in [5.41, 5.74) is 1.25. The Morgan fingerprint density at radius 3 is 2.48 bits per heavy atom. The molecule has 0 aromatic heterocycles. The predicted octanol–water partition coefficient (Wildman–Crippen LogP) is 1.67. The molecule has 1 aliphatic heterocycles. The maximum absolute atomic E-state index is 12.1. The number of rotatable bonds is 8. The summed E-state index contributed by atoms with van der Waals surface area (Å²) in [6, 6.07) is 6.67. The zero-order chi connectivity index (χ0) is 17.9. The van der Waals surface area contributed by atoms with Crippen LogP contribution in [0.5, 0.6) is 0 Å². The SMILES string of the molecule is CCCCNC(=O)Nc1ccc(C(=O)NCCN2CCOCC2)cc1. The van der Waals surface area contributed by atoms with Crippen molar-refractivity contribution in [3.63, 3.8) is 0 Å². The third-order valence-electron chi connectivity index (χ3n) is 4.04. The Morgan fingerprint density at radius 1 is 1.08 bits per heavy atom. The van der Waals surface area contributed by atoms with Crippen LogP contribution in [0.15, 0.2) is 24.3 Å². The van der Waals surface area contributed by atoms with E-state index in [1.165, 1.54) is 0 Å². The van der Waals surface area contributed by atoms with Crippen molar-refractivity contribution in [3.05, 3.63) is 29.8 Å². The Hall–Kier alpha value is -2.12. The third-order valence-corrected chi connectivity index (χ3v) is 4.04. The molecule has 0 radical (unpaired) electrons. The molecule has 1 fully saturated rings. The van der Waals surface area contributed by atoms with Gasteiger partial charge in [0.05, 0.1) is 13.2 Å². The van der Waals surface area contributed by atoms with E-state index in [2.05, 4.69) is 27.8 Å². The molecule has 1 aliphatic rings. The summed E-state index contributed by atoms with van der Waals surface area (Å²) < 4.78 is 5.30. The van der Waals surface area contributed by atoms with Crippen LogP contribution in [0, 0.1) is 0 Å². The average Bonchev–Trinajstić information content (AvgIpc) is 2.63. The number of nitrogens with zero attached hydrogens (tertiary/aromatic N) is 1. The number of nitrogens with one attached hydrogen (secondary N) is 3. The Bertz CT molecular complexity index is 542. The summed E-state index contributed by atoms with van der Waals surface area (Å²) >= 11 is 0. The van der Waals surface area contributed by atoms with Gasteiger partial charge in [0.2, 0.25) is 0 Å². The third kappa shape index (κ3) is 7.11. The Kier molecular flexibility index (Phi) is 8.21. The van der Waals surface area contributed by atoms with Gasteiger partial charge < -0.3 is 20.7 Å². The van der Waals surface area contributed by atoms with Crippen molar-refractivity contribution in [1.29, 1.82) is 0 Å².